The summed E-state index contributed by atoms with van der Waals surface area (Å²) in [6.45, 7) is 1.67. The van der Waals surface area contributed by atoms with Crippen LogP contribution < -0.4 is 16.0 Å². The SMILES string of the molecule is N#C/C(=C\c1ccc(-c2ccc3c(c2)CCCN3CCC(=O)O)s1)C(=O)NCCCC[C@H](N)C(=O)O. The van der Waals surface area contributed by atoms with Crippen molar-refractivity contribution in [1.29, 1.82) is 5.26 Å². The van der Waals surface area contributed by atoms with Gasteiger partial charge in [0.1, 0.15) is 17.7 Å². The molecule has 2 heterocycles. The molecule has 9 nitrogen and oxygen atoms in total. The largest absolute Gasteiger partial charge is 0.481 e. The van der Waals surface area contributed by atoms with E-state index < -0.39 is 23.9 Å². The number of aryl methyl sites for hydroxylation is 1. The number of rotatable bonds is 12. The number of aliphatic carboxylic acids is 2. The molecule has 0 bridgehead atoms. The van der Waals surface area contributed by atoms with Crippen molar-refractivity contribution in [3.8, 4) is 16.5 Å². The Balaban J connectivity index is 1.61. The molecule has 190 valence electrons. The van der Waals surface area contributed by atoms with Crippen LogP contribution >= 0.6 is 11.3 Å². The quantitative estimate of drug-likeness (QED) is 0.193. The van der Waals surface area contributed by atoms with Crippen LogP contribution in [0.2, 0.25) is 0 Å². The number of carbonyl (C=O) groups excluding carboxylic acids is 1. The van der Waals surface area contributed by atoms with Gasteiger partial charge < -0.3 is 26.2 Å². The topological polar surface area (TPSA) is 157 Å². The first-order valence-corrected chi connectivity index (χ1v) is 12.7. The van der Waals surface area contributed by atoms with E-state index in [1.165, 1.54) is 16.9 Å². The molecule has 1 amide bonds. The predicted molar refractivity (Wildman–Crippen MR) is 139 cm³/mol. The first-order chi connectivity index (χ1) is 17.3. The second-order valence-electron chi connectivity index (χ2n) is 8.65. The van der Waals surface area contributed by atoms with Crippen LogP contribution in [-0.2, 0) is 20.8 Å². The second kappa shape index (κ2) is 12.9. The molecule has 0 saturated carbocycles. The molecule has 1 aromatic heterocycles. The summed E-state index contributed by atoms with van der Waals surface area (Å²) in [6, 6.07) is 11.1. The second-order valence-corrected chi connectivity index (χ2v) is 9.76. The van der Waals surface area contributed by atoms with E-state index in [1.54, 1.807) is 6.08 Å². The van der Waals surface area contributed by atoms with Crippen molar-refractivity contribution < 1.29 is 24.6 Å². The summed E-state index contributed by atoms with van der Waals surface area (Å²) < 4.78 is 0. The molecule has 0 fully saturated rings. The molecular weight excluding hydrogens is 480 g/mol. The molecule has 0 unspecified atom stereocenters. The number of hydrogen-bond donors (Lipinski definition) is 4. The van der Waals surface area contributed by atoms with Crippen molar-refractivity contribution in [2.75, 3.05) is 24.5 Å². The lowest BCUT2D eigenvalue weighted by atomic mass is 9.98. The lowest BCUT2D eigenvalue weighted by Crippen LogP contribution is -2.31. The normalized spacial score (nSPS) is 14.0. The number of amides is 1. The van der Waals surface area contributed by atoms with Crippen molar-refractivity contribution >= 4 is 40.9 Å². The van der Waals surface area contributed by atoms with Crippen LogP contribution in [-0.4, -0.2) is 53.7 Å². The Kier molecular flexibility index (Phi) is 9.61. The first kappa shape index (κ1) is 26.9. The Bertz CT molecular complexity index is 1180. The highest BCUT2D eigenvalue weighted by molar-refractivity contribution is 7.16. The molecule has 5 N–H and O–H groups in total. The minimum Gasteiger partial charge on any atom is -0.481 e. The number of thiophene rings is 1. The molecule has 1 aromatic carbocycles. The average Bonchev–Trinajstić information content (AvgIpc) is 3.33. The third kappa shape index (κ3) is 7.41. The maximum Gasteiger partial charge on any atom is 0.320 e. The monoisotopic (exact) mass is 510 g/mol. The molecule has 1 atom stereocenters. The third-order valence-corrected chi connectivity index (χ3v) is 7.08. The number of carbonyl (C=O) groups is 3. The molecule has 0 spiro atoms. The van der Waals surface area contributed by atoms with Gasteiger partial charge >= 0.3 is 11.9 Å². The average molecular weight is 511 g/mol. The van der Waals surface area contributed by atoms with Gasteiger partial charge in [0.25, 0.3) is 5.91 Å². The number of nitrogens with one attached hydrogen (secondary N) is 1. The highest BCUT2D eigenvalue weighted by atomic mass is 32.1. The Hall–Kier alpha value is -3.68. The zero-order valence-corrected chi connectivity index (χ0v) is 20.7. The molecule has 1 aliphatic rings. The van der Waals surface area contributed by atoms with E-state index in [4.69, 9.17) is 15.9 Å². The fraction of sp³-hybridized carbons (Fsp3) is 0.385. The van der Waals surface area contributed by atoms with Crippen LogP contribution in [0.3, 0.4) is 0 Å². The molecule has 0 radical (unpaired) electrons. The molecule has 36 heavy (non-hydrogen) atoms. The number of nitrogens with two attached hydrogens (primary N) is 1. The van der Waals surface area contributed by atoms with Crippen molar-refractivity contribution in [3.05, 3.63) is 46.3 Å². The van der Waals surface area contributed by atoms with Gasteiger partial charge in [-0.2, -0.15) is 5.26 Å². The van der Waals surface area contributed by atoms with Gasteiger partial charge in [-0.1, -0.05) is 6.07 Å². The molecule has 0 saturated heterocycles. The summed E-state index contributed by atoms with van der Waals surface area (Å²) in [7, 11) is 0. The van der Waals surface area contributed by atoms with Gasteiger partial charge in [-0.3, -0.25) is 14.4 Å². The van der Waals surface area contributed by atoms with Crippen molar-refractivity contribution in [3.63, 3.8) is 0 Å². The van der Waals surface area contributed by atoms with E-state index in [9.17, 15) is 19.6 Å². The van der Waals surface area contributed by atoms with Crippen LogP contribution in [0, 0.1) is 11.3 Å². The van der Waals surface area contributed by atoms with E-state index in [1.807, 2.05) is 30.3 Å². The minimum absolute atomic E-state index is 0.00477. The van der Waals surface area contributed by atoms with Gasteiger partial charge in [-0.15, -0.1) is 11.3 Å². The number of nitriles is 1. The number of anilines is 1. The summed E-state index contributed by atoms with van der Waals surface area (Å²) in [5.74, 6) is -2.31. The van der Waals surface area contributed by atoms with Crippen molar-refractivity contribution in [2.24, 2.45) is 5.73 Å². The summed E-state index contributed by atoms with van der Waals surface area (Å²) in [6.07, 6.45) is 5.04. The lowest BCUT2D eigenvalue weighted by molar-refractivity contribution is -0.139. The van der Waals surface area contributed by atoms with E-state index in [-0.39, 0.29) is 12.0 Å². The maximum atomic E-state index is 12.4. The number of nitrogens with zero attached hydrogens (tertiary/aromatic N) is 2. The lowest BCUT2D eigenvalue weighted by Gasteiger charge is -2.31. The predicted octanol–water partition coefficient (Wildman–Crippen LogP) is 3.25. The van der Waals surface area contributed by atoms with E-state index in [0.717, 1.165) is 40.4 Å². The van der Waals surface area contributed by atoms with Gasteiger partial charge in [0.05, 0.1) is 6.42 Å². The van der Waals surface area contributed by atoms with Crippen LogP contribution in [0.25, 0.3) is 16.5 Å². The molecular formula is C26H30N4O5S. The van der Waals surface area contributed by atoms with Gasteiger partial charge in [0.2, 0.25) is 0 Å². The van der Waals surface area contributed by atoms with Gasteiger partial charge in [0, 0.05) is 35.1 Å². The Morgan fingerprint density at radius 3 is 2.75 bits per heavy atom. The minimum atomic E-state index is -1.04. The number of carboxylic acid groups (broad SMARTS) is 2. The van der Waals surface area contributed by atoms with E-state index in [2.05, 4.69) is 16.3 Å². The Morgan fingerprint density at radius 1 is 1.22 bits per heavy atom. The van der Waals surface area contributed by atoms with Crippen molar-refractivity contribution in [1.82, 2.24) is 5.32 Å². The van der Waals surface area contributed by atoms with Crippen LogP contribution in [0.15, 0.2) is 35.9 Å². The van der Waals surface area contributed by atoms with Crippen LogP contribution in [0.1, 0.15) is 42.5 Å². The first-order valence-electron chi connectivity index (χ1n) is 11.9. The fourth-order valence-corrected chi connectivity index (χ4v) is 5.03. The van der Waals surface area contributed by atoms with E-state index >= 15 is 0 Å². The molecule has 2 aromatic rings. The number of carboxylic acids is 2. The summed E-state index contributed by atoms with van der Waals surface area (Å²) in [4.78, 5) is 38.0. The molecule has 3 rings (SSSR count). The van der Waals surface area contributed by atoms with Crippen molar-refractivity contribution in [2.45, 2.75) is 44.6 Å². The molecule has 1 aliphatic heterocycles. The Morgan fingerprint density at radius 2 is 2.03 bits per heavy atom. The third-order valence-electron chi connectivity index (χ3n) is 6.00. The zero-order chi connectivity index (χ0) is 26.1. The Labute approximate surface area is 213 Å². The van der Waals surface area contributed by atoms with Gasteiger partial charge in [0.15, 0.2) is 0 Å². The van der Waals surface area contributed by atoms with Crippen LogP contribution in [0.5, 0.6) is 0 Å². The highest BCUT2D eigenvalue weighted by Gasteiger charge is 2.19. The van der Waals surface area contributed by atoms with E-state index in [0.29, 0.717) is 32.4 Å². The maximum absolute atomic E-state index is 12.4. The fourth-order valence-electron chi connectivity index (χ4n) is 4.08. The smallest absolute Gasteiger partial charge is 0.320 e. The summed E-state index contributed by atoms with van der Waals surface area (Å²) in [5, 5.41) is 29.9. The van der Waals surface area contributed by atoms with Crippen LogP contribution in [0.4, 0.5) is 5.69 Å². The summed E-state index contributed by atoms with van der Waals surface area (Å²) >= 11 is 1.48. The van der Waals surface area contributed by atoms with Gasteiger partial charge in [-0.25, -0.2) is 0 Å². The molecule has 0 aliphatic carbocycles. The number of benzene rings is 1. The zero-order valence-electron chi connectivity index (χ0n) is 19.9. The van der Waals surface area contributed by atoms with Gasteiger partial charge in [-0.05, 0) is 73.6 Å². The number of unbranched alkanes of at least 4 members (excludes halogenated alkanes) is 1. The highest BCUT2D eigenvalue weighted by Crippen LogP contribution is 2.35. The molecule has 10 heteroatoms. The number of fused-ring (bicyclic) bond motifs is 1. The standard InChI is InChI=1S/C26H30N4O5S/c27-16-19(25(33)29-11-2-1-5-21(28)26(34)35)15-20-7-9-23(36-20)18-6-8-22-17(14-18)4-3-12-30(22)13-10-24(31)32/h6-9,14-15,21H,1-5,10-13,28H2,(H,29,33)(H,31,32)(H,34,35)/b19-15+/t21-/m0/s1. The number of hydrogen-bond acceptors (Lipinski definition) is 7. The summed E-state index contributed by atoms with van der Waals surface area (Å²) in [5.41, 5.74) is 8.78.